The number of halogens is 3. The summed E-state index contributed by atoms with van der Waals surface area (Å²) in [6, 6.07) is 8.94. The van der Waals surface area contributed by atoms with Crippen LogP contribution in [0.4, 0.5) is 35.3 Å². The molecule has 196 valence electrons. The second-order valence-corrected chi connectivity index (χ2v) is 8.32. The maximum absolute atomic E-state index is 13.4. The van der Waals surface area contributed by atoms with Crippen LogP contribution in [0.5, 0.6) is 0 Å². The molecule has 0 saturated carbocycles. The predicted molar refractivity (Wildman–Crippen MR) is 131 cm³/mol. The van der Waals surface area contributed by atoms with Crippen molar-refractivity contribution in [3.8, 4) is 11.1 Å². The molecular weight excluding hydrogens is 505 g/mol. The van der Waals surface area contributed by atoms with Crippen LogP contribution in [0, 0.1) is 0 Å². The molecule has 4 heterocycles. The van der Waals surface area contributed by atoms with Crippen molar-refractivity contribution in [2.75, 3.05) is 42.7 Å². The van der Waals surface area contributed by atoms with Gasteiger partial charge in [0.15, 0.2) is 5.82 Å². The highest BCUT2D eigenvalue weighted by Crippen LogP contribution is 2.34. The number of nitrogens with one attached hydrogen (secondary N) is 2. The number of anilines is 3. The second-order valence-electron chi connectivity index (χ2n) is 8.32. The first-order chi connectivity index (χ1) is 18.2. The first-order valence-corrected chi connectivity index (χ1v) is 11.4. The van der Waals surface area contributed by atoms with Crippen LogP contribution in [0.15, 0.2) is 55.0 Å². The molecule has 0 unspecified atom stereocenters. The fourth-order valence-corrected chi connectivity index (χ4v) is 4.09. The highest BCUT2D eigenvalue weighted by molar-refractivity contribution is 6.07. The predicted octanol–water partition coefficient (Wildman–Crippen LogP) is 3.51. The Hall–Kier alpha value is -4.72. The lowest BCUT2D eigenvalue weighted by atomic mass is 10.0. The fourth-order valence-electron chi connectivity index (χ4n) is 4.09. The van der Waals surface area contributed by atoms with Crippen molar-refractivity contribution in [1.82, 2.24) is 24.5 Å². The maximum atomic E-state index is 13.4. The number of hydrogen-bond donors (Lipinski definition) is 3. The molecule has 5 rings (SSSR count). The molecule has 0 bridgehead atoms. The molecule has 1 fully saturated rings. The molecular formula is C24H21F3N8O3. The highest BCUT2D eigenvalue weighted by Gasteiger charge is 2.32. The number of rotatable bonds is 4. The Bertz CT molecular complexity index is 1500. The molecule has 1 aromatic carbocycles. The third-order valence-corrected chi connectivity index (χ3v) is 5.84. The van der Waals surface area contributed by atoms with E-state index in [0.29, 0.717) is 54.2 Å². The number of nitrogens with two attached hydrogens (primary N) is 1. The Morgan fingerprint density at radius 2 is 1.76 bits per heavy atom. The van der Waals surface area contributed by atoms with E-state index in [1.165, 1.54) is 16.9 Å². The van der Waals surface area contributed by atoms with Gasteiger partial charge in [0.05, 0.1) is 18.8 Å². The van der Waals surface area contributed by atoms with E-state index in [4.69, 9.17) is 10.5 Å². The number of carbonyl (C=O) groups is 2. The van der Waals surface area contributed by atoms with Crippen LogP contribution in [0.1, 0.15) is 16.1 Å². The van der Waals surface area contributed by atoms with E-state index in [-0.39, 0.29) is 17.5 Å². The van der Waals surface area contributed by atoms with Crippen molar-refractivity contribution in [2.24, 2.45) is 0 Å². The zero-order valence-corrected chi connectivity index (χ0v) is 19.7. The summed E-state index contributed by atoms with van der Waals surface area (Å²) >= 11 is 0. The summed E-state index contributed by atoms with van der Waals surface area (Å²) in [4.78, 5) is 34.9. The smallest absolute Gasteiger partial charge is 0.382 e. The van der Waals surface area contributed by atoms with Gasteiger partial charge in [0.1, 0.15) is 23.4 Å². The number of pyridine rings is 1. The number of benzene rings is 1. The Morgan fingerprint density at radius 3 is 2.47 bits per heavy atom. The van der Waals surface area contributed by atoms with Gasteiger partial charge in [-0.25, -0.2) is 19.3 Å². The van der Waals surface area contributed by atoms with Gasteiger partial charge < -0.3 is 20.7 Å². The maximum Gasteiger partial charge on any atom is 0.433 e. The molecule has 3 amide bonds. The van der Waals surface area contributed by atoms with Crippen LogP contribution >= 0.6 is 0 Å². The summed E-state index contributed by atoms with van der Waals surface area (Å²) in [5, 5.41) is 9.01. The standard InChI is InChI=1S/C24H21F3N8O3/c25-24(26,27)17-2-1-3-18(32-17)33-23(37)31-15-6-4-14(5-7-15)19-16(22(36)34-8-10-38-11-9-34)12-35-20(19)21(28)29-13-30-35/h1-7,12-13H,8-11H2,(H2,28,29,30)(H2,31,32,33,37). The van der Waals surface area contributed by atoms with E-state index in [2.05, 4.69) is 25.7 Å². The van der Waals surface area contributed by atoms with Crippen LogP contribution in [-0.4, -0.2) is 62.7 Å². The molecule has 0 atom stereocenters. The van der Waals surface area contributed by atoms with Crippen molar-refractivity contribution in [3.63, 3.8) is 0 Å². The van der Waals surface area contributed by atoms with E-state index in [9.17, 15) is 22.8 Å². The Labute approximate surface area is 213 Å². The number of hydrogen-bond acceptors (Lipinski definition) is 7. The third-order valence-electron chi connectivity index (χ3n) is 5.84. The lowest BCUT2D eigenvalue weighted by Crippen LogP contribution is -2.40. The van der Waals surface area contributed by atoms with Crippen LogP contribution in [-0.2, 0) is 10.9 Å². The van der Waals surface area contributed by atoms with E-state index < -0.39 is 17.9 Å². The fraction of sp³-hybridized carbons (Fsp3) is 0.208. The molecule has 3 aromatic heterocycles. The second kappa shape index (κ2) is 9.97. The minimum atomic E-state index is -4.64. The molecule has 4 N–H and O–H groups in total. The van der Waals surface area contributed by atoms with E-state index in [0.717, 1.165) is 12.1 Å². The lowest BCUT2D eigenvalue weighted by molar-refractivity contribution is -0.141. The zero-order valence-electron chi connectivity index (χ0n) is 19.7. The SMILES string of the molecule is Nc1ncnn2cc(C(=O)N3CCOCC3)c(-c3ccc(NC(=O)Nc4cccc(C(F)(F)F)n4)cc3)c12. The first kappa shape index (κ1) is 25.0. The minimum Gasteiger partial charge on any atom is -0.382 e. The largest absolute Gasteiger partial charge is 0.433 e. The number of morpholine rings is 1. The molecule has 1 aliphatic heterocycles. The van der Waals surface area contributed by atoms with Gasteiger partial charge in [-0.05, 0) is 29.8 Å². The zero-order chi connectivity index (χ0) is 26.9. The van der Waals surface area contributed by atoms with Gasteiger partial charge >= 0.3 is 12.2 Å². The molecule has 0 spiro atoms. The van der Waals surface area contributed by atoms with Gasteiger partial charge in [-0.1, -0.05) is 18.2 Å². The van der Waals surface area contributed by atoms with Gasteiger partial charge in [0.2, 0.25) is 0 Å². The number of nitrogen functional groups attached to an aromatic ring is 1. The van der Waals surface area contributed by atoms with Gasteiger partial charge in [-0.15, -0.1) is 0 Å². The molecule has 0 aliphatic carbocycles. The minimum absolute atomic E-state index is 0.186. The first-order valence-electron chi connectivity index (χ1n) is 11.4. The molecule has 1 saturated heterocycles. The van der Waals surface area contributed by atoms with E-state index in [1.54, 1.807) is 35.4 Å². The quantitative estimate of drug-likeness (QED) is 0.370. The van der Waals surface area contributed by atoms with Gasteiger partial charge in [0, 0.05) is 30.5 Å². The molecule has 4 aromatic rings. The van der Waals surface area contributed by atoms with E-state index in [1.807, 2.05) is 0 Å². The summed E-state index contributed by atoms with van der Waals surface area (Å²) < 4.78 is 45.5. The summed E-state index contributed by atoms with van der Waals surface area (Å²) in [6.45, 7) is 1.78. The number of aromatic nitrogens is 4. The van der Waals surface area contributed by atoms with Crippen molar-refractivity contribution in [1.29, 1.82) is 0 Å². The van der Waals surface area contributed by atoms with Crippen molar-refractivity contribution >= 4 is 34.8 Å². The van der Waals surface area contributed by atoms with Crippen LogP contribution in [0.3, 0.4) is 0 Å². The third kappa shape index (κ3) is 5.06. The number of alkyl halides is 3. The average molecular weight is 526 g/mol. The summed E-state index contributed by atoms with van der Waals surface area (Å²) in [5.74, 6) is -0.273. The molecule has 38 heavy (non-hydrogen) atoms. The number of ether oxygens (including phenoxy) is 1. The summed E-state index contributed by atoms with van der Waals surface area (Å²) in [7, 11) is 0. The summed E-state index contributed by atoms with van der Waals surface area (Å²) in [5.41, 5.74) is 7.36. The Balaban J connectivity index is 1.39. The van der Waals surface area contributed by atoms with Gasteiger partial charge in [0.25, 0.3) is 5.91 Å². The van der Waals surface area contributed by atoms with Gasteiger partial charge in [-0.2, -0.15) is 18.3 Å². The Kier molecular flexibility index (Phi) is 6.55. The van der Waals surface area contributed by atoms with Crippen molar-refractivity contribution in [3.05, 3.63) is 66.2 Å². The topological polar surface area (TPSA) is 140 Å². The molecule has 0 radical (unpaired) electrons. The number of nitrogens with zero attached hydrogens (tertiary/aromatic N) is 5. The highest BCUT2D eigenvalue weighted by atomic mass is 19.4. The molecule has 14 heteroatoms. The van der Waals surface area contributed by atoms with Crippen LogP contribution in [0.25, 0.3) is 16.6 Å². The molecule has 1 aliphatic rings. The summed E-state index contributed by atoms with van der Waals surface area (Å²) in [6.07, 6.45) is -1.74. The number of amides is 3. The van der Waals surface area contributed by atoms with Gasteiger partial charge in [-0.3, -0.25) is 10.1 Å². The van der Waals surface area contributed by atoms with Crippen LogP contribution in [0.2, 0.25) is 0 Å². The van der Waals surface area contributed by atoms with Crippen molar-refractivity contribution < 1.29 is 27.5 Å². The normalized spacial score (nSPS) is 13.9. The monoisotopic (exact) mass is 526 g/mol. The van der Waals surface area contributed by atoms with Crippen molar-refractivity contribution in [2.45, 2.75) is 6.18 Å². The lowest BCUT2D eigenvalue weighted by Gasteiger charge is -2.27. The number of urea groups is 1. The van der Waals surface area contributed by atoms with Crippen LogP contribution < -0.4 is 16.4 Å². The molecule has 11 nitrogen and oxygen atoms in total. The number of fused-ring (bicyclic) bond motifs is 1. The Morgan fingerprint density at radius 1 is 1.03 bits per heavy atom. The average Bonchev–Trinajstić information content (AvgIpc) is 3.30. The van der Waals surface area contributed by atoms with E-state index >= 15 is 0 Å². The number of carbonyl (C=O) groups excluding carboxylic acids is 2.